The molecule has 1 fully saturated rings. The molecule has 0 radical (unpaired) electrons. The summed E-state index contributed by atoms with van der Waals surface area (Å²) in [6.07, 6.45) is 4.50. The van der Waals surface area contributed by atoms with Gasteiger partial charge in [-0.15, -0.1) is 0 Å². The molecule has 1 unspecified atom stereocenters. The van der Waals surface area contributed by atoms with E-state index in [0.717, 1.165) is 22.4 Å². The van der Waals surface area contributed by atoms with E-state index in [1.54, 1.807) is 6.08 Å². The normalized spacial score (nSPS) is 17.7. The molecule has 44 heavy (non-hydrogen) atoms. The van der Waals surface area contributed by atoms with Crippen LogP contribution in [0.25, 0.3) is 6.08 Å². The molecule has 3 atom stereocenters. The zero-order chi connectivity index (χ0) is 31.3. The Morgan fingerprint density at radius 1 is 1.02 bits per heavy atom. The summed E-state index contributed by atoms with van der Waals surface area (Å²) in [6.45, 7) is 5.88. The van der Waals surface area contributed by atoms with Crippen molar-refractivity contribution in [3.63, 3.8) is 0 Å². The van der Waals surface area contributed by atoms with Crippen LogP contribution in [0.3, 0.4) is 0 Å². The second kappa shape index (κ2) is 16.3. The zero-order valence-electron chi connectivity index (χ0n) is 25.6. The van der Waals surface area contributed by atoms with E-state index < -0.39 is 12.1 Å². The van der Waals surface area contributed by atoms with Crippen LogP contribution in [0.4, 0.5) is 0 Å². The molecule has 1 heterocycles. The number of nitrogens with two attached hydrogens (primary N) is 2. The fourth-order valence-electron chi connectivity index (χ4n) is 5.53. The first-order valence-electron chi connectivity index (χ1n) is 15.3. The van der Waals surface area contributed by atoms with E-state index >= 15 is 0 Å². The van der Waals surface area contributed by atoms with Crippen molar-refractivity contribution in [1.82, 2.24) is 15.5 Å². The highest BCUT2D eigenvalue weighted by Crippen LogP contribution is 2.27. The maximum atomic E-state index is 14.1. The van der Waals surface area contributed by atoms with E-state index in [1.807, 2.05) is 79.4 Å². The number of carbonyl (C=O) groups excluding carboxylic acids is 2. The van der Waals surface area contributed by atoms with Gasteiger partial charge in [-0.05, 0) is 54.7 Å². The molecule has 9 heteroatoms. The predicted molar refractivity (Wildman–Crippen MR) is 176 cm³/mol. The fourth-order valence-corrected chi connectivity index (χ4v) is 5.53. The van der Waals surface area contributed by atoms with E-state index in [9.17, 15) is 9.59 Å². The molecule has 232 valence electrons. The Hall–Kier alpha value is -4.63. The summed E-state index contributed by atoms with van der Waals surface area (Å²) >= 11 is 0. The van der Waals surface area contributed by atoms with Gasteiger partial charge in [-0.2, -0.15) is 0 Å². The predicted octanol–water partition coefficient (Wildman–Crippen LogP) is 3.66. The van der Waals surface area contributed by atoms with Crippen molar-refractivity contribution in [2.24, 2.45) is 16.5 Å². The van der Waals surface area contributed by atoms with Crippen molar-refractivity contribution in [2.45, 2.75) is 50.7 Å². The number of nitrogens with zero attached hydrogens (tertiary/aromatic N) is 2. The van der Waals surface area contributed by atoms with Crippen LogP contribution in [0.15, 0.2) is 96.0 Å². The Balaban J connectivity index is 1.50. The molecule has 0 saturated carbocycles. The Labute approximate surface area is 260 Å². The van der Waals surface area contributed by atoms with Gasteiger partial charge in [0.2, 0.25) is 11.8 Å². The molecular formula is C35H44N6O3. The van der Waals surface area contributed by atoms with Crippen LogP contribution < -0.4 is 26.8 Å². The van der Waals surface area contributed by atoms with Gasteiger partial charge < -0.3 is 26.4 Å². The first kappa shape index (κ1) is 32.3. The van der Waals surface area contributed by atoms with Crippen molar-refractivity contribution in [1.29, 1.82) is 0 Å². The van der Waals surface area contributed by atoms with E-state index in [2.05, 4.69) is 39.9 Å². The monoisotopic (exact) mass is 596 g/mol. The van der Waals surface area contributed by atoms with Crippen molar-refractivity contribution < 1.29 is 14.3 Å². The van der Waals surface area contributed by atoms with Crippen LogP contribution in [0.1, 0.15) is 49.3 Å². The lowest BCUT2D eigenvalue weighted by molar-refractivity contribution is -0.133. The molecule has 0 aromatic heterocycles. The molecule has 0 bridgehead atoms. The Kier molecular flexibility index (Phi) is 11.9. The molecular weight excluding hydrogens is 552 g/mol. The van der Waals surface area contributed by atoms with Gasteiger partial charge in [-0.3, -0.25) is 14.9 Å². The number of hydrogen-bond donors (Lipinski definition) is 4. The molecule has 2 amide bonds. The number of ether oxygens (including phenoxy) is 1. The lowest BCUT2D eigenvalue weighted by Crippen LogP contribution is -2.54. The Morgan fingerprint density at radius 2 is 1.66 bits per heavy atom. The van der Waals surface area contributed by atoms with Crippen LogP contribution in [-0.2, 0) is 9.59 Å². The minimum Gasteiger partial charge on any atom is -0.494 e. The number of carbonyl (C=O) groups is 2. The SMILES string of the molecule is CCOc1ccc(/C=C/C(=O)NC[C@@H]2CCN(CC(c3ccccc3)c3ccccc3)C(=O)[C@H](C(CC)N=C(N)N)N2)cc1. The average molecular weight is 597 g/mol. The first-order valence-corrected chi connectivity index (χ1v) is 15.3. The smallest absolute Gasteiger partial charge is 0.244 e. The third-order valence-corrected chi connectivity index (χ3v) is 7.81. The van der Waals surface area contributed by atoms with Crippen LogP contribution in [-0.4, -0.2) is 67.0 Å². The maximum absolute atomic E-state index is 14.1. The quantitative estimate of drug-likeness (QED) is 0.135. The summed E-state index contributed by atoms with van der Waals surface area (Å²) in [5, 5.41) is 6.48. The molecule has 1 aliphatic rings. The van der Waals surface area contributed by atoms with Crippen molar-refractivity contribution in [2.75, 3.05) is 26.2 Å². The molecule has 3 aromatic rings. The number of aliphatic imine (C=N–C) groups is 1. The van der Waals surface area contributed by atoms with Gasteiger partial charge in [-0.1, -0.05) is 79.7 Å². The van der Waals surface area contributed by atoms with Gasteiger partial charge >= 0.3 is 0 Å². The molecule has 1 saturated heterocycles. The highest BCUT2D eigenvalue weighted by Gasteiger charge is 2.37. The second-order valence-corrected chi connectivity index (χ2v) is 10.9. The highest BCUT2D eigenvalue weighted by atomic mass is 16.5. The van der Waals surface area contributed by atoms with Gasteiger partial charge in [0.15, 0.2) is 5.96 Å². The number of guanidine groups is 1. The molecule has 0 spiro atoms. The molecule has 9 nitrogen and oxygen atoms in total. The van der Waals surface area contributed by atoms with Crippen LogP contribution in [0.2, 0.25) is 0 Å². The van der Waals surface area contributed by atoms with Gasteiger partial charge in [0.05, 0.1) is 12.6 Å². The molecule has 3 aromatic carbocycles. The lowest BCUT2D eigenvalue weighted by atomic mass is 9.90. The molecule has 1 aliphatic heterocycles. The standard InChI is InChI=1S/C35H44N6O3/c1-3-31(40-35(36)37)33-34(43)41(24-30(26-11-7-5-8-12-26)27-13-9-6-10-14-27)22-21-28(39-33)23-38-32(42)20-17-25-15-18-29(19-16-25)44-4-2/h5-20,28,30-31,33,39H,3-4,21-24H2,1-2H3,(H,38,42)(H4,36,37,40)/b20-17+/t28-,31?,33-/m0/s1. The van der Waals surface area contributed by atoms with Crippen molar-refractivity contribution in [3.05, 3.63) is 108 Å². The summed E-state index contributed by atoms with van der Waals surface area (Å²) in [5.74, 6) is 0.459. The first-order chi connectivity index (χ1) is 21.4. The van der Waals surface area contributed by atoms with E-state index in [4.69, 9.17) is 16.2 Å². The molecule has 6 N–H and O–H groups in total. The van der Waals surface area contributed by atoms with Gasteiger partial charge in [0.1, 0.15) is 11.8 Å². The minimum absolute atomic E-state index is 0.00542. The number of rotatable bonds is 13. The average Bonchev–Trinajstić information content (AvgIpc) is 3.20. The third kappa shape index (κ3) is 9.18. The lowest BCUT2D eigenvalue weighted by Gasteiger charge is -2.31. The summed E-state index contributed by atoms with van der Waals surface area (Å²) < 4.78 is 5.48. The minimum atomic E-state index is -0.641. The summed E-state index contributed by atoms with van der Waals surface area (Å²) in [7, 11) is 0. The van der Waals surface area contributed by atoms with Gasteiger partial charge in [0.25, 0.3) is 0 Å². The fraction of sp³-hybridized carbons (Fsp3) is 0.343. The van der Waals surface area contributed by atoms with E-state index in [1.165, 1.54) is 6.08 Å². The number of hydrogen-bond acceptors (Lipinski definition) is 5. The molecule has 4 rings (SSSR count). The van der Waals surface area contributed by atoms with Gasteiger partial charge in [-0.25, -0.2) is 4.99 Å². The second-order valence-electron chi connectivity index (χ2n) is 10.9. The number of nitrogens with one attached hydrogen (secondary N) is 2. The van der Waals surface area contributed by atoms with Crippen molar-refractivity contribution >= 4 is 23.8 Å². The topological polar surface area (TPSA) is 135 Å². The number of amides is 2. The number of benzene rings is 3. The summed E-state index contributed by atoms with van der Waals surface area (Å²) in [4.78, 5) is 33.2. The Bertz CT molecular complexity index is 1350. The largest absolute Gasteiger partial charge is 0.494 e. The van der Waals surface area contributed by atoms with E-state index in [-0.39, 0.29) is 29.7 Å². The Morgan fingerprint density at radius 3 is 2.23 bits per heavy atom. The zero-order valence-corrected chi connectivity index (χ0v) is 25.6. The highest BCUT2D eigenvalue weighted by molar-refractivity contribution is 5.91. The van der Waals surface area contributed by atoms with Crippen LogP contribution in [0, 0.1) is 0 Å². The summed E-state index contributed by atoms with van der Waals surface area (Å²) in [5.41, 5.74) is 14.7. The van der Waals surface area contributed by atoms with Gasteiger partial charge in [0, 0.05) is 37.7 Å². The van der Waals surface area contributed by atoms with E-state index in [0.29, 0.717) is 39.1 Å². The van der Waals surface area contributed by atoms with Crippen LogP contribution >= 0.6 is 0 Å². The maximum Gasteiger partial charge on any atom is 0.244 e. The van der Waals surface area contributed by atoms with Crippen molar-refractivity contribution in [3.8, 4) is 5.75 Å². The molecule has 0 aliphatic carbocycles. The third-order valence-electron chi connectivity index (χ3n) is 7.81. The van der Waals surface area contributed by atoms with Crippen LogP contribution in [0.5, 0.6) is 5.75 Å². The summed E-state index contributed by atoms with van der Waals surface area (Å²) in [6, 6.07) is 26.8.